The molecule has 0 bridgehead atoms. The van der Waals surface area contributed by atoms with Gasteiger partial charge in [0.1, 0.15) is 0 Å². The van der Waals surface area contributed by atoms with Crippen LogP contribution in [0.4, 0.5) is 0 Å². The molecule has 1 atom stereocenters. The first-order valence-corrected chi connectivity index (χ1v) is 9.20. The number of ether oxygens (including phenoxy) is 1. The molecule has 2 rings (SSSR count). The Bertz CT molecular complexity index is 524. The molecule has 1 aromatic carbocycles. The first-order valence-electron chi connectivity index (χ1n) is 9.20. The maximum atomic E-state index is 12.0. The first kappa shape index (κ1) is 22.1. The second-order valence-corrected chi connectivity index (χ2v) is 6.87. The molecule has 1 heterocycles. The van der Waals surface area contributed by atoms with Crippen LogP contribution in [-0.2, 0) is 20.9 Å². The lowest BCUT2D eigenvalue weighted by molar-refractivity contribution is -0.132. The minimum absolute atomic E-state index is 0.174. The highest BCUT2D eigenvalue weighted by Gasteiger charge is 2.36. The number of carbonyl (C=O) groups excluding carboxylic acids is 1. The van der Waals surface area contributed by atoms with Crippen LogP contribution < -0.4 is 5.32 Å². The molecule has 6 heteroatoms. The number of carboxylic acid groups (broad SMARTS) is 1. The van der Waals surface area contributed by atoms with Crippen molar-refractivity contribution in [3.8, 4) is 0 Å². The monoisotopic (exact) mass is 364 g/mol. The maximum absolute atomic E-state index is 12.0. The van der Waals surface area contributed by atoms with E-state index in [0.717, 1.165) is 51.9 Å². The molecule has 0 radical (unpaired) electrons. The third kappa shape index (κ3) is 7.97. The highest BCUT2D eigenvalue weighted by molar-refractivity contribution is 5.82. The lowest BCUT2D eigenvalue weighted by Gasteiger charge is -2.39. The maximum Gasteiger partial charge on any atom is 0.290 e. The van der Waals surface area contributed by atoms with Crippen LogP contribution in [0.15, 0.2) is 30.3 Å². The lowest BCUT2D eigenvalue weighted by atomic mass is 9.81. The van der Waals surface area contributed by atoms with Gasteiger partial charge < -0.3 is 20.1 Å². The normalized spacial score (nSPS) is 19.9. The molecule has 1 saturated heterocycles. The van der Waals surface area contributed by atoms with Crippen molar-refractivity contribution >= 4 is 12.4 Å². The molecule has 6 nitrogen and oxygen atoms in total. The van der Waals surface area contributed by atoms with E-state index in [0.29, 0.717) is 6.61 Å². The minimum Gasteiger partial charge on any atom is -0.483 e. The van der Waals surface area contributed by atoms with Crippen molar-refractivity contribution < 1.29 is 19.4 Å². The average molecular weight is 364 g/mol. The number of benzene rings is 1. The van der Waals surface area contributed by atoms with Crippen LogP contribution in [0.1, 0.15) is 38.2 Å². The van der Waals surface area contributed by atoms with Crippen LogP contribution in [0, 0.1) is 5.41 Å². The molecule has 0 aliphatic carbocycles. The van der Waals surface area contributed by atoms with Gasteiger partial charge in [-0.05, 0) is 51.3 Å². The number of likely N-dealkylation sites (tertiary alicyclic amines) is 1. The second-order valence-electron chi connectivity index (χ2n) is 6.87. The number of piperidine rings is 1. The zero-order valence-electron chi connectivity index (χ0n) is 15.9. The minimum atomic E-state index is -0.250. The third-order valence-electron chi connectivity index (χ3n) is 4.68. The number of amides is 1. The van der Waals surface area contributed by atoms with E-state index < -0.39 is 0 Å². The average Bonchev–Trinajstić information content (AvgIpc) is 2.65. The van der Waals surface area contributed by atoms with Crippen LogP contribution in [0.3, 0.4) is 0 Å². The predicted molar refractivity (Wildman–Crippen MR) is 102 cm³/mol. The molecule has 26 heavy (non-hydrogen) atoms. The van der Waals surface area contributed by atoms with Gasteiger partial charge in [-0.25, -0.2) is 0 Å². The molecule has 1 aliphatic heterocycles. The summed E-state index contributed by atoms with van der Waals surface area (Å²) in [6.45, 7) is 6.37. The van der Waals surface area contributed by atoms with Crippen molar-refractivity contribution in [1.29, 1.82) is 0 Å². The van der Waals surface area contributed by atoms with Crippen molar-refractivity contribution in [2.45, 2.75) is 39.2 Å². The van der Waals surface area contributed by atoms with Crippen molar-refractivity contribution in [2.24, 2.45) is 5.41 Å². The number of nitrogens with zero attached hydrogens (tertiary/aromatic N) is 1. The number of carbonyl (C=O) groups is 2. The van der Waals surface area contributed by atoms with Crippen molar-refractivity contribution in [3.63, 3.8) is 0 Å². The van der Waals surface area contributed by atoms with E-state index in [9.17, 15) is 4.79 Å². The Morgan fingerprint density at radius 3 is 2.69 bits per heavy atom. The van der Waals surface area contributed by atoms with Crippen LogP contribution in [0.5, 0.6) is 0 Å². The smallest absolute Gasteiger partial charge is 0.290 e. The molecular formula is C20H32N2O4. The first-order chi connectivity index (χ1) is 12.6. The van der Waals surface area contributed by atoms with E-state index in [2.05, 4.69) is 29.3 Å². The third-order valence-corrected chi connectivity index (χ3v) is 4.68. The Morgan fingerprint density at radius 2 is 2.04 bits per heavy atom. The predicted octanol–water partition coefficient (Wildman–Crippen LogP) is 2.53. The van der Waals surface area contributed by atoms with Crippen LogP contribution in [0.25, 0.3) is 0 Å². The summed E-state index contributed by atoms with van der Waals surface area (Å²) in [5.41, 5.74) is 1.00. The molecule has 2 N–H and O–H groups in total. The van der Waals surface area contributed by atoms with Gasteiger partial charge in [-0.15, -0.1) is 0 Å². The van der Waals surface area contributed by atoms with Gasteiger partial charge in [0.05, 0.1) is 12.0 Å². The van der Waals surface area contributed by atoms with Gasteiger partial charge in [0, 0.05) is 20.2 Å². The van der Waals surface area contributed by atoms with Crippen molar-refractivity contribution in [2.75, 3.05) is 33.3 Å². The second kappa shape index (κ2) is 12.4. The summed E-state index contributed by atoms with van der Waals surface area (Å²) in [5.74, 6) is 0.174. The topological polar surface area (TPSA) is 78.9 Å². The van der Waals surface area contributed by atoms with E-state index in [4.69, 9.17) is 14.6 Å². The Kier molecular flexibility index (Phi) is 10.6. The molecule has 0 aromatic heterocycles. The number of nitrogens with one attached hydrogen (secondary N) is 1. The molecular weight excluding hydrogens is 332 g/mol. The molecule has 0 saturated carbocycles. The van der Waals surface area contributed by atoms with Gasteiger partial charge in [0.15, 0.2) is 0 Å². The highest BCUT2D eigenvalue weighted by atomic mass is 16.5. The molecule has 1 aromatic rings. The largest absolute Gasteiger partial charge is 0.483 e. The Morgan fingerprint density at radius 1 is 1.35 bits per heavy atom. The van der Waals surface area contributed by atoms with Gasteiger partial charge in [-0.3, -0.25) is 9.59 Å². The van der Waals surface area contributed by atoms with E-state index >= 15 is 0 Å². The molecule has 1 amide bonds. The molecule has 0 spiro atoms. The fourth-order valence-electron chi connectivity index (χ4n) is 3.33. The summed E-state index contributed by atoms with van der Waals surface area (Å²) in [6, 6.07) is 10.3. The van der Waals surface area contributed by atoms with Crippen molar-refractivity contribution in [3.05, 3.63) is 35.9 Å². The van der Waals surface area contributed by atoms with Gasteiger partial charge >= 0.3 is 0 Å². The van der Waals surface area contributed by atoms with E-state index in [1.54, 1.807) is 7.05 Å². The Hall–Kier alpha value is -1.92. The van der Waals surface area contributed by atoms with E-state index in [1.165, 1.54) is 5.56 Å². The Labute approximate surface area is 156 Å². The summed E-state index contributed by atoms with van der Waals surface area (Å²) < 4.78 is 5.72. The van der Waals surface area contributed by atoms with Gasteiger partial charge in [-0.2, -0.15) is 0 Å². The number of hydrogen-bond acceptors (Lipinski definition) is 4. The van der Waals surface area contributed by atoms with Crippen molar-refractivity contribution in [1.82, 2.24) is 10.2 Å². The van der Waals surface area contributed by atoms with Gasteiger partial charge in [0.25, 0.3) is 6.47 Å². The number of hydrogen-bond donors (Lipinski definition) is 2. The zero-order valence-corrected chi connectivity index (χ0v) is 15.9. The molecule has 1 fully saturated rings. The molecule has 146 valence electrons. The summed E-state index contributed by atoms with van der Waals surface area (Å²) in [4.78, 5) is 22.8. The van der Waals surface area contributed by atoms with Gasteiger partial charge in [-0.1, -0.05) is 30.3 Å². The fraction of sp³-hybridized carbons (Fsp3) is 0.600. The van der Waals surface area contributed by atoms with E-state index in [1.807, 2.05) is 18.2 Å². The Balaban J connectivity index is 0.00000105. The summed E-state index contributed by atoms with van der Waals surface area (Å²) in [7, 11) is 1.73. The highest BCUT2D eigenvalue weighted by Crippen LogP contribution is 2.29. The molecule has 1 aliphatic rings. The zero-order chi connectivity index (χ0) is 19.3. The standard InChI is InChI=1S/C19H30N2O2.CH2O2/c1-19(18(22)20-2)11-8-13-21(16-19)12-6-7-14-23-15-17-9-4-3-5-10-17;2-1-3/h3-5,9-10H,6-8,11-16H2,1-2H3,(H,20,22);1H,(H,2,3). The fourth-order valence-corrected chi connectivity index (χ4v) is 3.33. The lowest BCUT2D eigenvalue weighted by Crippen LogP contribution is -2.49. The van der Waals surface area contributed by atoms with Crippen LogP contribution in [-0.4, -0.2) is 55.7 Å². The van der Waals surface area contributed by atoms with Gasteiger partial charge in [0.2, 0.25) is 5.91 Å². The SMILES string of the molecule is CNC(=O)C1(C)CCCN(CCCCOCc2ccccc2)C1.O=CO. The molecule has 1 unspecified atom stereocenters. The van der Waals surface area contributed by atoms with E-state index in [-0.39, 0.29) is 17.8 Å². The number of rotatable bonds is 8. The number of unbranched alkanes of at least 4 members (excludes halogenated alkanes) is 1. The van der Waals surface area contributed by atoms with Crippen LogP contribution in [0.2, 0.25) is 0 Å². The summed E-state index contributed by atoms with van der Waals surface area (Å²) >= 11 is 0. The quantitative estimate of drug-likeness (QED) is 0.547. The summed E-state index contributed by atoms with van der Waals surface area (Å²) in [6.07, 6.45) is 4.29. The summed E-state index contributed by atoms with van der Waals surface area (Å²) in [5, 5.41) is 9.70. The van der Waals surface area contributed by atoms with Crippen LogP contribution >= 0.6 is 0 Å².